The first-order valence-corrected chi connectivity index (χ1v) is 3.21. The molecule has 0 aliphatic heterocycles. The summed E-state index contributed by atoms with van der Waals surface area (Å²) in [5.74, 6) is 4.94. The Labute approximate surface area is 68.6 Å². The molecule has 0 spiro atoms. The lowest BCUT2D eigenvalue weighted by molar-refractivity contribution is -0.503. The van der Waals surface area contributed by atoms with E-state index in [1.165, 1.54) is 0 Å². The first kappa shape index (κ1) is 8.44. The lowest BCUT2D eigenvalue weighted by Crippen LogP contribution is -2.46. The second-order valence-corrected chi connectivity index (χ2v) is 2.01. The van der Waals surface area contributed by atoms with Gasteiger partial charge in [-0.2, -0.15) is 0 Å². The zero-order chi connectivity index (χ0) is 8.97. The van der Waals surface area contributed by atoms with Gasteiger partial charge in [0.15, 0.2) is 5.03 Å². The van der Waals surface area contributed by atoms with E-state index in [9.17, 15) is 10.1 Å². The Hall–Kier alpha value is -1.66. The van der Waals surface area contributed by atoms with Crippen LogP contribution in [0, 0.1) is 10.1 Å². The van der Waals surface area contributed by atoms with Crippen molar-refractivity contribution >= 4 is 5.69 Å². The Balaban J connectivity index is 2.88. The molecule has 0 unspecified atom stereocenters. The third-order valence-corrected chi connectivity index (χ3v) is 1.29. The van der Waals surface area contributed by atoms with Gasteiger partial charge in [0, 0.05) is 0 Å². The molecule has 0 aliphatic carbocycles. The van der Waals surface area contributed by atoms with Crippen molar-refractivity contribution < 1.29 is 5.03 Å². The van der Waals surface area contributed by atoms with E-state index >= 15 is 0 Å². The van der Waals surface area contributed by atoms with Crippen LogP contribution < -0.4 is 16.5 Å². The number of nitro groups is 1. The maximum atomic E-state index is 10.3. The van der Waals surface area contributed by atoms with Crippen LogP contribution in [-0.4, -0.2) is 5.03 Å². The first-order valence-electron chi connectivity index (χ1n) is 3.21. The average molecular weight is 168 g/mol. The molecule has 1 rings (SSSR count). The molecule has 0 fully saturated rings. The number of benzene rings is 1. The molecule has 6 heteroatoms. The van der Waals surface area contributed by atoms with Crippen molar-refractivity contribution in [2.24, 2.45) is 5.84 Å². The van der Waals surface area contributed by atoms with Crippen LogP contribution in [0.25, 0.3) is 0 Å². The topological polar surface area (TPSA) is 84.4 Å². The maximum Gasteiger partial charge on any atom is 0.182 e. The minimum Gasteiger partial charge on any atom is -0.248 e. The molecular weight excluding hydrogens is 160 g/mol. The summed E-state index contributed by atoms with van der Waals surface area (Å²) in [5, 5.41) is 10.3. The molecular formula is C6H8N4O2. The van der Waals surface area contributed by atoms with Crippen molar-refractivity contribution in [1.82, 2.24) is 5.53 Å². The Morgan fingerprint density at radius 2 is 2.00 bits per heavy atom. The molecule has 3 N–H and O–H groups in total. The largest absolute Gasteiger partial charge is 0.248 e. The molecule has 0 saturated carbocycles. The predicted octanol–water partition coefficient (Wildman–Crippen LogP) is 0.0630. The zero-order valence-electron chi connectivity index (χ0n) is 6.18. The van der Waals surface area contributed by atoms with Gasteiger partial charge in [0.25, 0.3) is 0 Å². The second-order valence-electron chi connectivity index (χ2n) is 2.01. The minimum atomic E-state index is -0.644. The van der Waals surface area contributed by atoms with Crippen LogP contribution in [0.2, 0.25) is 0 Å². The summed E-state index contributed by atoms with van der Waals surface area (Å²) >= 11 is 0. The quantitative estimate of drug-likeness (QED) is 0.379. The van der Waals surface area contributed by atoms with Crippen LogP contribution in [0.1, 0.15) is 0 Å². The number of nitrogens with one attached hydrogen (secondary N) is 1. The third-order valence-electron chi connectivity index (χ3n) is 1.29. The number of para-hydroxylation sites is 1. The van der Waals surface area contributed by atoms with Gasteiger partial charge in [0.05, 0.1) is 0 Å². The van der Waals surface area contributed by atoms with Crippen molar-refractivity contribution in [3.63, 3.8) is 0 Å². The van der Waals surface area contributed by atoms with E-state index < -0.39 is 5.03 Å². The first-order chi connectivity index (χ1) is 5.75. The molecule has 0 atom stereocenters. The van der Waals surface area contributed by atoms with E-state index in [1.807, 2.05) is 5.53 Å². The maximum absolute atomic E-state index is 10.3. The summed E-state index contributed by atoms with van der Waals surface area (Å²) in [6.07, 6.45) is 0. The van der Waals surface area contributed by atoms with Crippen LogP contribution >= 0.6 is 0 Å². The molecule has 0 saturated heterocycles. The number of anilines is 1. The van der Waals surface area contributed by atoms with Crippen molar-refractivity contribution in [3.05, 3.63) is 40.4 Å². The molecule has 64 valence electrons. The summed E-state index contributed by atoms with van der Waals surface area (Å²) in [5.41, 5.74) is 2.33. The number of hydrogen-bond acceptors (Lipinski definition) is 4. The molecule has 0 aliphatic rings. The third kappa shape index (κ3) is 1.68. The van der Waals surface area contributed by atoms with Crippen LogP contribution in [0.4, 0.5) is 5.69 Å². The van der Waals surface area contributed by atoms with Crippen molar-refractivity contribution in [2.45, 2.75) is 0 Å². The molecule has 12 heavy (non-hydrogen) atoms. The zero-order valence-corrected chi connectivity index (χ0v) is 6.18. The normalized spacial score (nSPS) is 9.42. The fourth-order valence-corrected chi connectivity index (χ4v) is 0.785. The SMILES string of the molecule is NNN(c1ccccc1)[N+](=O)[O-]. The van der Waals surface area contributed by atoms with Gasteiger partial charge < -0.3 is 0 Å². The number of nitrogens with zero attached hydrogens (tertiary/aromatic N) is 2. The van der Waals surface area contributed by atoms with Crippen molar-refractivity contribution in [2.75, 3.05) is 5.12 Å². The Bertz CT molecular complexity index is 264. The summed E-state index contributed by atoms with van der Waals surface area (Å²) < 4.78 is 0. The highest BCUT2D eigenvalue weighted by Crippen LogP contribution is 2.09. The Kier molecular flexibility index (Phi) is 2.57. The fourth-order valence-electron chi connectivity index (χ4n) is 0.785. The minimum absolute atomic E-state index is 0.380. The Morgan fingerprint density at radius 3 is 2.42 bits per heavy atom. The summed E-state index contributed by atoms with van der Waals surface area (Å²) in [6, 6.07) is 8.27. The van der Waals surface area contributed by atoms with Crippen molar-refractivity contribution in [1.29, 1.82) is 0 Å². The van der Waals surface area contributed by atoms with Gasteiger partial charge >= 0.3 is 0 Å². The number of nitrogens with two attached hydrogens (primary N) is 1. The highest BCUT2D eigenvalue weighted by atomic mass is 16.7. The second kappa shape index (κ2) is 3.65. The summed E-state index contributed by atoms with van der Waals surface area (Å²) in [7, 11) is 0. The monoisotopic (exact) mass is 168 g/mol. The van der Waals surface area contributed by atoms with E-state index in [0.29, 0.717) is 10.8 Å². The molecule has 0 amide bonds. The molecule has 0 bridgehead atoms. The van der Waals surface area contributed by atoms with E-state index in [-0.39, 0.29) is 0 Å². The van der Waals surface area contributed by atoms with Gasteiger partial charge in [0.2, 0.25) is 0 Å². The van der Waals surface area contributed by atoms with E-state index in [2.05, 4.69) is 0 Å². The molecule has 6 nitrogen and oxygen atoms in total. The van der Waals surface area contributed by atoms with Gasteiger partial charge in [-0.3, -0.25) is 0 Å². The van der Waals surface area contributed by atoms with Crippen molar-refractivity contribution in [3.8, 4) is 0 Å². The predicted molar refractivity (Wildman–Crippen MR) is 43.2 cm³/mol. The van der Waals surface area contributed by atoms with Gasteiger partial charge in [-0.1, -0.05) is 18.2 Å². The Morgan fingerprint density at radius 1 is 1.42 bits per heavy atom. The standard InChI is InChI=1S/C6H8N4O2/c7-8-9(10(11)12)6-4-2-1-3-5-6/h1-5,8H,7H2. The van der Waals surface area contributed by atoms with Crippen LogP contribution in [0.5, 0.6) is 0 Å². The number of rotatable bonds is 3. The van der Waals surface area contributed by atoms with E-state index in [4.69, 9.17) is 5.84 Å². The highest BCUT2D eigenvalue weighted by molar-refractivity contribution is 5.41. The molecule has 0 heterocycles. The number of hydrazine groups is 3. The molecule has 1 aromatic carbocycles. The molecule has 0 radical (unpaired) electrons. The van der Waals surface area contributed by atoms with Gasteiger partial charge in [-0.25, -0.2) is 16.0 Å². The fraction of sp³-hybridized carbons (Fsp3) is 0. The average Bonchev–Trinajstić information content (AvgIpc) is 2.07. The molecule has 1 aromatic rings. The van der Waals surface area contributed by atoms with Gasteiger partial charge in [0.1, 0.15) is 5.69 Å². The smallest absolute Gasteiger partial charge is 0.182 e. The highest BCUT2D eigenvalue weighted by Gasteiger charge is 2.13. The van der Waals surface area contributed by atoms with E-state index in [1.54, 1.807) is 30.3 Å². The van der Waals surface area contributed by atoms with Crippen LogP contribution in [0.3, 0.4) is 0 Å². The lowest BCUT2D eigenvalue weighted by Gasteiger charge is -2.10. The van der Waals surface area contributed by atoms with Crippen LogP contribution in [0.15, 0.2) is 30.3 Å². The summed E-state index contributed by atoms with van der Waals surface area (Å²) in [4.78, 5) is 10.3. The van der Waals surface area contributed by atoms with Gasteiger partial charge in [-0.15, -0.1) is 5.53 Å². The lowest BCUT2D eigenvalue weighted by atomic mass is 10.3. The van der Waals surface area contributed by atoms with E-state index in [0.717, 1.165) is 0 Å². The summed E-state index contributed by atoms with van der Waals surface area (Å²) in [6.45, 7) is 0. The van der Waals surface area contributed by atoms with Crippen LogP contribution in [-0.2, 0) is 0 Å². The van der Waals surface area contributed by atoms with Gasteiger partial charge in [-0.05, 0) is 17.3 Å². The number of hydrogen-bond donors (Lipinski definition) is 2. The molecule has 0 aromatic heterocycles.